The summed E-state index contributed by atoms with van der Waals surface area (Å²) in [5.74, 6) is 0.384. The van der Waals surface area contributed by atoms with Crippen LogP contribution in [0.2, 0.25) is 0 Å². The molecule has 0 bridgehead atoms. The molecule has 0 radical (unpaired) electrons. The lowest BCUT2D eigenvalue weighted by molar-refractivity contribution is 0.0553. The smallest absolute Gasteiger partial charge is 0.150 e. The van der Waals surface area contributed by atoms with Gasteiger partial charge in [0.05, 0.1) is 11.9 Å². The minimum atomic E-state index is -2.87. The van der Waals surface area contributed by atoms with Crippen molar-refractivity contribution in [2.45, 2.75) is 46.6 Å². The molecule has 0 aliphatic carbocycles. The van der Waals surface area contributed by atoms with Gasteiger partial charge in [-0.3, -0.25) is 0 Å². The van der Waals surface area contributed by atoms with Crippen molar-refractivity contribution in [2.24, 2.45) is 5.41 Å². The SMILES string of the molecule is CCS(=O)(=O)CCCC(O)C(C)(C)C. The van der Waals surface area contributed by atoms with Gasteiger partial charge in [0.15, 0.2) is 0 Å². The molecule has 0 aliphatic heterocycles. The highest BCUT2D eigenvalue weighted by molar-refractivity contribution is 7.91. The quantitative estimate of drug-likeness (QED) is 0.769. The Hall–Kier alpha value is -0.0900. The average molecular weight is 222 g/mol. The maximum atomic E-state index is 11.1. The second-order valence-corrected chi connectivity index (χ2v) is 7.23. The zero-order valence-corrected chi connectivity index (χ0v) is 10.4. The third-order valence-electron chi connectivity index (χ3n) is 2.37. The summed E-state index contributed by atoms with van der Waals surface area (Å²) in [6, 6.07) is 0. The molecule has 86 valence electrons. The predicted octanol–water partition coefficient (Wildman–Crippen LogP) is 1.61. The Morgan fingerprint density at radius 1 is 1.29 bits per heavy atom. The molecule has 0 spiro atoms. The highest BCUT2D eigenvalue weighted by atomic mass is 32.2. The van der Waals surface area contributed by atoms with Crippen LogP contribution in [0.25, 0.3) is 0 Å². The Morgan fingerprint density at radius 2 is 1.79 bits per heavy atom. The fourth-order valence-electron chi connectivity index (χ4n) is 1.07. The summed E-state index contributed by atoms with van der Waals surface area (Å²) in [6.07, 6.45) is 0.687. The van der Waals surface area contributed by atoms with E-state index >= 15 is 0 Å². The lowest BCUT2D eigenvalue weighted by Gasteiger charge is -2.25. The number of aliphatic hydroxyl groups is 1. The summed E-state index contributed by atoms with van der Waals surface area (Å²) in [5, 5.41) is 9.66. The average Bonchev–Trinajstić information content (AvgIpc) is 2.02. The molecule has 0 saturated carbocycles. The molecule has 0 aromatic heterocycles. The molecule has 0 amide bonds. The number of aliphatic hydroxyl groups excluding tert-OH is 1. The van der Waals surface area contributed by atoms with Crippen LogP contribution in [0.1, 0.15) is 40.5 Å². The second kappa shape index (κ2) is 5.12. The molecular weight excluding hydrogens is 200 g/mol. The topological polar surface area (TPSA) is 54.4 Å². The summed E-state index contributed by atoms with van der Waals surface area (Å²) < 4.78 is 22.3. The van der Waals surface area contributed by atoms with E-state index in [2.05, 4.69) is 0 Å². The monoisotopic (exact) mass is 222 g/mol. The van der Waals surface area contributed by atoms with Crippen LogP contribution in [0.15, 0.2) is 0 Å². The van der Waals surface area contributed by atoms with Crippen LogP contribution in [-0.2, 0) is 9.84 Å². The van der Waals surface area contributed by atoms with Crippen molar-refractivity contribution in [3.63, 3.8) is 0 Å². The maximum Gasteiger partial charge on any atom is 0.150 e. The second-order valence-electron chi connectivity index (χ2n) is 4.76. The Kier molecular flexibility index (Phi) is 5.09. The highest BCUT2D eigenvalue weighted by Gasteiger charge is 2.22. The lowest BCUT2D eigenvalue weighted by Crippen LogP contribution is -2.26. The van der Waals surface area contributed by atoms with Crippen molar-refractivity contribution in [3.05, 3.63) is 0 Å². The maximum absolute atomic E-state index is 11.1. The molecule has 0 fully saturated rings. The first-order valence-electron chi connectivity index (χ1n) is 5.07. The van der Waals surface area contributed by atoms with Crippen LogP contribution in [0.4, 0.5) is 0 Å². The van der Waals surface area contributed by atoms with E-state index in [4.69, 9.17) is 0 Å². The van der Waals surface area contributed by atoms with Crippen molar-refractivity contribution in [1.29, 1.82) is 0 Å². The van der Waals surface area contributed by atoms with Crippen molar-refractivity contribution >= 4 is 9.84 Å². The van der Waals surface area contributed by atoms with E-state index in [0.29, 0.717) is 12.8 Å². The predicted molar refractivity (Wildman–Crippen MR) is 59.0 cm³/mol. The third-order valence-corrected chi connectivity index (χ3v) is 4.16. The first-order chi connectivity index (χ1) is 6.19. The molecule has 0 heterocycles. The van der Waals surface area contributed by atoms with Gasteiger partial charge in [0.1, 0.15) is 9.84 Å². The molecule has 1 atom stereocenters. The molecule has 14 heavy (non-hydrogen) atoms. The van der Waals surface area contributed by atoms with E-state index in [-0.39, 0.29) is 16.9 Å². The summed E-state index contributed by atoms with van der Waals surface area (Å²) in [7, 11) is -2.87. The number of hydrogen-bond acceptors (Lipinski definition) is 3. The zero-order chi connectivity index (χ0) is 11.4. The fourth-order valence-corrected chi connectivity index (χ4v) is 1.97. The highest BCUT2D eigenvalue weighted by Crippen LogP contribution is 2.22. The molecule has 0 aromatic carbocycles. The first kappa shape index (κ1) is 13.9. The van der Waals surface area contributed by atoms with Crippen molar-refractivity contribution in [2.75, 3.05) is 11.5 Å². The van der Waals surface area contributed by atoms with E-state index in [9.17, 15) is 13.5 Å². The van der Waals surface area contributed by atoms with E-state index in [0.717, 1.165) is 0 Å². The summed E-state index contributed by atoms with van der Waals surface area (Å²) >= 11 is 0. The molecule has 0 saturated heterocycles. The summed E-state index contributed by atoms with van der Waals surface area (Å²) in [6.45, 7) is 7.50. The Balaban J connectivity index is 3.87. The van der Waals surface area contributed by atoms with Crippen LogP contribution in [0.5, 0.6) is 0 Å². The number of hydrogen-bond donors (Lipinski definition) is 1. The lowest BCUT2D eigenvalue weighted by atomic mass is 9.87. The molecule has 0 rings (SSSR count). The minimum Gasteiger partial charge on any atom is -0.393 e. The number of rotatable bonds is 5. The van der Waals surface area contributed by atoms with Gasteiger partial charge >= 0.3 is 0 Å². The standard InChI is InChI=1S/C10H22O3S/c1-5-14(12,13)8-6-7-9(11)10(2,3)4/h9,11H,5-8H2,1-4H3. The normalized spacial score (nSPS) is 15.5. The molecule has 4 heteroatoms. The van der Waals surface area contributed by atoms with Gasteiger partial charge in [-0.1, -0.05) is 27.7 Å². The zero-order valence-electron chi connectivity index (χ0n) is 9.58. The van der Waals surface area contributed by atoms with E-state index < -0.39 is 15.9 Å². The molecule has 0 aliphatic rings. The van der Waals surface area contributed by atoms with Gasteiger partial charge in [0.25, 0.3) is 0 Å². The van der Waals surface area contributed by atoms with Crippen molar-refractivity contribution in [1.82, 2.24) is 0 Å². The minimum absolute atomic E-state index is 0.157. The molecule has 0 aromatic rings. The van der Waals surface area contributed by atoms with Crippen molar-refractivity contribution in [3.8, 4) is 0 Å². The third kappa shape index (κ3) is 5.60. The van der Waals surface area contributed by atoms with Gasteiger partial charge in [-0.25, -0.2) is 8.42 Å². The van der Waals surface area contributed by atoms with E-state index in [1.165, 1.54) is 0 Å². The van der Waals surface area contributed by atoms with Gasteiger partial charge < -0.3 is 5.11 Å². The fraction of sp³-hybridized carbons (Fsp3) is 1.00. The largest absolute Gasteiger partial charge is 0.393 e. The van der Waals surface area contributed by atoms with Crippen LogP contribution in [-0.4, -0.2) is 31.1 Å². The van der Waals surface area contributed by atoms with Crippen LogP contribution in [0.3, 0.4) is 0 Å². The molecular formula is C10H22O3S. The van der Waals surface area contributed by atoms with Gasteiger partial charge in [-0.15, -0.1) is 0 Å². The van der Waals surface area contributed by atoms with Gasteiger partial charge in [0, 0.05) is 5.75 Å². The molecule has 1 N–H and O–H groups in total. The Labute approximate surface area is 87.4 Å². The summed E-state index contributed by atoms with van der Waals surface area (Å²) in [4.78, 5) is 0. The van der Waals surface area contributed by atoms with E-state index in [1.807, 2.05) is 20.8 Å². The molecule has 1 unspecified atom stereocenters. The van der Waals surface area contributed by atoms with Crippen LogP contribution >= 0.6 is 0 Å². The van der Waals surface area contributed by atoms with Crippen LogP contribution in [0, 0.1) is 5.41 Å². The first-order valence-corrected chi connectivity index (χ1v) is 6.89. The van der Waals surface area contributed by atoms with Crippen molar-refractivity contribution < 1.29 is 13.5 Å². The van der Waals surface area contributed by atoms with E-state index in [1.54, 1.807) is 6.92 Å². The Morgan fingerprint density at radius 3 is 2.14 bits per heavy atom. The van der Waals surface area contributed by atoms with Gasteiger partial charge in [0.2, 0.25) is 0 Å². The molecule has 3 nitrogen and oxygen atoms in total. The summed E-state index contributed by atoms with van der Waals surface area (Å²) in [5.41, 5.74) is -0.157. The Bertz CT molecular complexity index is 249. The van der Waals surface area contributed by atoms with Crippen LogP contribution < -0.4 is 0 Å². The number of sulfone groups is 1. The van der Waals surface area contributed by atoms with Gasteiger partial charge in [-0.05, 0) is 18.3 Å². The van der Waals surface area contributed by atoms with Gasteiger partial charge in [-0.2, -0.15) is 0 Å².